The van der Waals surface area contributed by atoms with Crippen LogP contribution in [-0.2, 0) is 19.9 Å². The first-order valence-electron chi connectivity index (χ1n) is 9.33. The quantitative estimate of drug-likeness (QED) is 0.608. The van der Waals surface area contributed by atoms with Crippen molar-refractivity contribution < 1.29 is 28.0 Å². The van der Waals surface area contributed by atoms with Crippen LogP contribution < -0.4 is 16.0 Å². The number of carbonyl (C=O) groups is 4. The predicted molar refractivity (Wildman–Crippen MR) is 107 cm³/mol. The molecular formula is C21H20F2N4O4. The van der Waals surface area contributed by atoms with Crippen LogP contribution in [0.1, 0.15) is 18.1 Å². The molecule has 162 valence electrons. The Balaban J connectivity index is 1.56. The van der Waals surface area contributed by atoms with Gasteiger partial charge in [-0.25, -0.2) is 13.6 Å². The van der Waals surface area contributed by atoms with Gasteiger partial charge in [0.15, 0.2) is 11.6 Å². The number of rotatable bonds is 6. The lowest BCUT2D eigenvalue weighted by Gasteiger charge is -2.22. The lowest BCUT2D eigenvalue weighted by molar-refractivity contribution is -0.135. The molecule has 1 aliphatic rings. The van der Waals surface area contributed by atoms with Crippen LogP contribution >= 0.6 is 0 Å². The number of amides is 5. The van der Waals surface area contributed by atoms with E-state index < -0.39 is 54.0 Å². The molecule has 0 unspecified atom stereocenters. The van der Waals surface area contributed by atoms with Crippen molar-refractivity contribution in [3.05, 3.63) is 65.2 Å². The fraction of sp³-hybridized carbons (Fsp3) is 0.238. The molecule has 2 aromatic rings. The first-order chi connectivity index (χ1) is 14.6. The molecule has 3 rings (SSSR count). The highest BCUT2D eigenvalue weighted by Crippen LogP contribution is 2.28. The maximum atomic E-state index is 13.2. The number of imide groups is 1. The third-order valence-corrected chi connectivity index (χ3v) is 4.86. The number of halogens is 2. The summed E-state index contributed by atoms with van der Waals surface area (Å²) in [5.41, 5.74) is 0.267. The van der Waals surface area contributed by atoms with Gasteiger partial charge in [0.2, 0.25) is 11.8 Å². The zero-order chi connectivity index (χ0) is 22.8. The van der Waals surface area contributed by atoms with Crippen molar-refractivity contribution in [3.63, 3.8) is 0 Å². The molecule has 1 atom stereocenters. The van der Waals surface area contributed by atoms with E-state index in [0.29, 0.717) is 5.56 Å². The Morgan fingerprint density at radius 1 is 1.03 bits per heavy atom. The molecule has 0 bridgehead atoms. The van der Waals surface area contributed by atoms with Crippen molar-refractivity contribution in [3.8, 4) is 0 Å². The van der Waals surface area contributed by atoms with Crippen LogP contribution in [0.2, 0.25) is 0 Å². The zero-order valence-electron chi connectivity index (χ0n) is 16.8. The predicted octanol–water partition coefficient (Wildman–Crippen LogP) is 1.80. The SMILES string of the molecule is Cc1ccc([C@@]2(C)NC(=O)N(CC(=O)NCC(=O)Nc3ccc(F)c(F)c3)C2=O)cc1. The van der Waals surface area contributed by atoms with E-state index in [-0.39, 0.29) is 5.69 Å². The van der Waals surface area contributed by atoms with Gasteiger partial charge in [-0.05, 0) is 31.5 Å². The molecule has 31 heavy (non-hydrogen) atoms. The Morgan fingerprint density at radius 2 is 1.71 bits per heavy atom. The number of hydrogen-bond donors (Lipinski definition) is 3. The van der Waals surface area contributed by atoms with Gasteiger partial charge in [0.1, 0.15) is 12.1 Å². The summed E-state index contributed by atoms with van der Waals surface area (Å²) < 4.78 is 26.1. The number of aryl methyl sites for hydroxylation is 1. The molecule has 1 saturated heterocycles. The van der Waals surface area contributed by atoms with E-state index in [9.17, 15) is 28.0 Å². The lowest BCUT2D eigenvalue weighted by Crippen LogP contribution is -2.44. The summed E-state index contributed by atoms with van der Waals surface area (Å²) in [6, 6.07) is 9.15. The number of carbonyl (C=O) groups excluding carboxylic acids is 4. The molecule has 0 spiro atoms. The van der Waals surface area contributed by atoms with E-state index in [0.717, 1.165) is 28.7 Å². The van der Waals surface area contributed by atoms with E-state index in [1.807, 2.05) is 6.92 Å². The van der Waals surface area contributed by atoms with Crippen molar-refractivity contribution in [2.24, 2.45) is 0 Å². The fourth-order valence-corrected chi connectivity index (χ4v) is 3.08. The smallest absolute Gasteiger partial charge is 0.325 e. The molecule has 1 heterocycles. The molecule has 1 aliphatic heterocycles. The summed E-state index contributed by atoms with van der Waals surface area (Å²) in [5, 5.41) is 7.16. The number of nitrogens with one attached hydrogen (secondary N) is 3. The number of anilines is 1. The van der Waals surface area contributed by atoms with Crippen LogP contribution in [0.25, 0.3) is 0 Å². The summed E-state index contributed by atoms with van der Waals surface area (Å²) in [4.78, 5) is 49.9. The highest BCUT2D eigenvalue weighted by molar-refractivity contribution is 6.09. The van der Waals surface area contributed by atoms with E-state index in [1.165, 1.54) is 0 Å². The molecule has 0 saturated carbocycles. The van der Waals surface area contributed by atoms with Gasteiger partial charge in [-0.2, -0.15) is 0 Å². The van der Waals surface area contributed by atoms with Gasteiger partial charge in [0, 0.05) is 11.8 Å². The van der Waals surface area contributed by atoms with Gasteiger partial charge < -0.3 is 16.0 Å². The summed E-state index contributed by atoms with van der Waals surface area (Å²) >= 11 is 0. The van der Waals surface area contributed by atoms with Crippen molar-refractivity contribution in [1.82, 2.24) is 15.5 Å². The van der Waals surface area contributed by atoms with E-state index in [4.69, 9.17) is 0 Å². The third-order valence-electron chi connectivity index (χ3n) is 4.86. The van der Waals surface area contributed by atoms with E-state index in [1.54, 1.807) is 31.2 Å². The average molecular weight is 430 g/mol. The zero-order valence-corrected chi connectivity index (χ0v) is 16.8. The molecule has 3 N–H and O–H groups in total. The summed E-state index contributed by atoms with van der Waals surface area (Å²) in [5.74, 6) is -4.21. The van der Waals surface area contributed by atoms with Crippen molar-refractivity contribution in [2.45, 2.75) is 19.4 Å². The second-order valence-corrected chi connectivity index (χ2v) is 7.27. The fourth-order valence-electron chi connectivity index (χ4n) is 3.08. The molecule has 0 aliphatic carbocycles. The Kier molecular flexibility index (Phi) is 6.00. The van der Waals surface area contributed by atoms with Crippen LogP contribution in [0.4, 0.5) is 19.3 Å². The maximum Gasteiger partial charge on any atom is 0.325 e. The van der Waals surface area contributed by atoms with Crippen LogP contribution in [0.5, 0.6) is 0 Å². The molecule has 8 nitrogen and oxygen atoms in total. The highest BCUT2D eigenvalue weighted by Gasteiger charge is 2.49. The van der Waals surface area contributed by atoms with Gasteiger partial charge in [-0.3, -0.25) is 19.3 Å². The van der Waals surface area contributed by atoms with Gasteiger partial charge >= 0.3 is 6.03 Å². The van der Waals surface area contributed by atoms with Gasteiger partial charge in [0.25, 0.3) is 5.91 Å². The summed E-state index contributed by atoms with van der Waals surface area (Å²) in [6.07, 6.45) is 0. The molecular weight excluding hydrogens is 410 g/mol. The minimum atomic E-state index is -1.31. The first-order valence-corrected chi connectivity index (χ1v) is 9.33. The lowest BCUT2D eigenvalue weighted by atomic mass is 9.91. The molecule has 0 aromatic heterocycles. The Hall–Kier alpha value is -3.82. The Morgan fingerprint density at radius 3 is 2.35 bits per heavy atom. The normalized spacial score (nSPS) is 18.0. The molecule has 10 heteroatoms. The number of benzene rings is 2. The second kappa shape index (κ2) is 8.50. The Bertz CT molecular complexity index is 1060. The standard InChI is InChI=1S/C21H20F2N4O4/c1-12-3-5-13(6-4-12)21(2)19(30)27(20(31)26-21)11-18(29)24-10-17(28)25-14-7-8-15(22)16(23)9-14/h3-9H,10-11H2,1-2H3,(H,24,29)(H,25,28)(H,26,31)/t21-/m1/s1. The van der Waals surface area contributed by atoms with Crippen molar-refractivity contribution >= 4 is 29.4 Å². The van der Waals surface area contributed by atoms with E-state index in [2.05, 4.69) is 16.0 Å². The van der Waals surface area contributed by atoms with Gasteiger partial charge in [-0.15, -0.1) is 0 Å². The van der Waals surface area contributed by atoms with Gasteiger partial charge in [-0.1, -0.05) is 29.8 Å². The first kappa shape index (κ1) is 21.9. The molecule has 0 radical (unpaired) electrons. The van der Waals surface area contributed by atoms with Crippen LogP contribution in [0.15, 0.2) is 42.5 Å². The summed E-state index contributed by atoms with van der Waals surface area (Å²) in [6.45, 7) is 2.37. The largest absolute Gasteiger partial charge is 0.345 e. The molecule has 1 fully saturated rings. The van der Waals surface area contributed by atoms with Crippen LogP contribution in [0.3, 0.4) is 0 Å². The minimum Gasteiger partial charge on any atom is -0.345 e. The third kappa shape index (κ3) is 4.68. The average Bonchev–Trinajstić information content (AvgIpc) is 2.93. The Labute approximate surface area is 176 Å². The molecule has 2 aromatic carbocycles. The van der Waals surface area contributed by atoms with Crippen molar-refractivity contribution in [1.29, 1.82) is 0 Å². The number of urea groups is 1. The topological polar surface area (TPSA) is 108 Å². The maximum absolute atomic E-state index is 13.2. The number of nitrogens with zero attached hydrogens (tertiary/aromatic N) is 1. The van der Waals surface area contributed by atoms with E-state index >= 15 is 0 Å². The minimum absolute atomic E-state index is 0.0149. The summed E-state index contributed by atoms with van der Waals surface area (Å²) in [7, 11) is 0. The monoisotopic (exact) mass is 430 g/mol. The number of hydrogen-bond acceptors (Lipinski definition) is 4. The highest BCUT2D eigenvalue weighted by atomic mass is 19.2. The second-order valence-electron chi connectivity index (χ2n) is 7.27. The van der Waals surface area contributed by atoms with Crippen LogP contribution in [-0.4, -0.2) is 41.7 Å². The molecule has 5 amide bonds. The van der Waals surface area contributed by atoms with Crippen molar-refractivity contribution in [2.75, 3.05) is 18.4 Å². The van der Waals surface area contributed by atoms with Crippen LogP contribution in [0, 0.1) is 18.6 Å². The van der Waals surface area contributed by atoms with Gasteiger partial charge in [0.05, 0.1) is 6.54 Å².